The zero-order valence-electron chi connectivity index (χ0n) is 21.4. The molecule has 1 atom stereocenters. The molecule has 0 bridgehead atoms. The predicted molar refractivity (Wildman–Crippen MR) is 152 cm³/mol. The van der Waals surface area contributed by atoms with Gasteiger partial charge in [-0.05, 0) is 43.2 Å². The van der Waals surface area contributed by atoms with Crippen molar-refractivity contribution in [1.82, 2.24) is 19.6 Å². The second kappa shape index (κ2) is 10.3. The van der Waals surface area contributed by atoms with Gasteiger partial charge in [0, 0.05) is 11.9 Å². The Morgan fingerprint density at radius 3 is 2.55 bits per heavy atom. The lowest BCUT2D eigenvalue weighted by molar-refractivity contribution is -0.132. The predicted octanol–water partition coefficient (Wildman–Crippen LogP) is 5.86. The molecule has 8 nitrogen and oxygen atoms in total. The summed E-state index contributed by atoms with van der Waals surface area (Å²) in [4.78, 5) is 32.8. The van der Waals surface area contributed by atoms with E-state index in [0.717, 1.165) is 16.9 Å². The third-order valence-corrected chi connectivity index (χ3v) is 8.78. The van der Waals surface area contributed by atoms with Gasteiger partial charge < -0.3 is 5.11 Å². The number of carbonyl (C=O) groups excluding carboxylic acids is 2. The smallest absolute Gasteiger partial charge is 0.301 e. The summed E-state index contributed by atoms with van der Waals surface area (Å²) in [5.74, 6) is -1.95. The third-order valence-electron chi connectivity index (χ3n) is 6.68. The number of ketones is 1. The first-order valence-electron chi connectivity index (χ1n) is 12.3. The summed E-state index contributed by atoms with van der Waals surface area (Å²) in [5.41, 5.74) is 3.55. The summed E-state index contributed by atoms with van der Waals surface area (Å²) in [5, 5.41) is 20.2. The monoisotopic (exact) mass is 571 g/mol. The molecular formula is C29H22FN5O3S2. The summed E-state index contributed by atoms with van der Waals surface area (Å²) in [6, 6.07) is 18.4. The molecule has 40 heavy (non-hydrogen) atoms. The minimum atomic E-state index is -0.938. The van der Waals surface area contributed by atoms with Crippen LogP contribution in [0.4, 0.5) is 9.52 Å². The fraction of sp³-hybridized carbons (Fsp3) is 0.138. The Bertz CT molecular complexity index is 1810. The van der Waals surface area contributed by atoms with Crippen molar-refractivity contribution in [3.8, 4) is 0 Å². The first-order valence-corrected chi connectivity index (χ1v) is 14.1. The molecule has 1 N–H and O–H groups in total. The summed E-state index contributed by atoms with van der Waals surface area (Å²) in [6.45, 7) is 3.68. The number of thioether (sulfide) groups is 1. The van der Waals surface area contributed by atoms with Crippen molar-refractivity contribution >= 4 is 51.3 Å². The van der Waals surface area contributed by atoms with E-state index in [0.29, 0.717) is 38.3 Å². The number of pyridine rings is 1. The summed E-state index contributed by atoms with van der Waals surface area (Å²) in [6.07, 6.45) is 1.74. The van der Waals surface area contributed by atoms with Gasteiger partial charge in [-0.15, -0.1) is 10.2 Å². The van der Waals surface area contributed by atoms with E-state index in [1.807, 2.05) is 37.3 Å². The zero-order chi connectivity index (χ0) is 28.0. The second-order valence-electron chi connectivity index (χ2n) is 9.29. The molecule has 5 aromatic rings. The quantitative estimate of drug-likeness (QED) is 0.0896. The number of nitrogens with zero attached hydrogens (tertiary/aromatic N) is 5. The Labute approximate surface area is 236 Å². The van der Waals surface area contributed by atoms with Crippen LogP contribution in [-0.2, 0) is 15.3 Å². The van der Waals surface area contributed by atoms with E-state index in [9.17, 15) is 19.1 Å². The van der Waals surface area contributed by atoms with Crippen molar-refractivity contribution < 1.29 is 19.1 Å². The van der Waals surface area contributed by atoms with Crippen LogP contribution in [0.5, 0.6) is 0 Å². The molecule has 1 unspecified atom stereocenters. The molecule has 6 rings (SSSR count). The van der Waals surface area contributed by atoms with Crippen molar-refractivity contribution in [3.63, 3.8) is 0 Å². The summed E-state index contributed by atoms with van der Waals surface area (Å²) in [7, 11) is 0. The number of hydrogen-bond donors (Lipinski definition) is 1. The zero-order valence-corrected chi connectivity index (χ0v) is 23.0. The molecule has 0 saturated carbocycles. The van der Waals surface area contributed by atoms with Gasteiger partial charge in [-0.2, -0.15) is 0 Å². The number of aromatic nitrogens is 4. The fourth-order valence-corrected chi connectivity index (χ4v) is 6.59. The van der Waals surface area contributed by atoms with Gasteiger partial charge in [-0.25, -0.2) is 9.37 Å². The van der Waals surface area contributed by atoms with Gasteiger partial charge in [0.05, 0.1) is 17.3 Å². The number of aliphatic hydroxyl groups is 1. The number of carbonyl (C=O) groups is 2. The fourth-order valence-electron chi connectivity index (χ4n) is 4.73. The van der Waals surface area contributed by atoms with Gasteiger partial charge in [0.2, 0.25) is 5.13 Å². The normalized spacial score (nSPS) is 16.8. The van der Waals surface area contributed by atoms with Crippen molar-refractivity contribution in [3.05, 3.63) is 112 Å². The average molecular weight is 572 g/mol. The van der Waals surface area contributed by atoms with Crippen LogP contribution in [0.3, 0.4) is 0 Å². The number of aryl methyl sites for hydroxylation is 2. The van der Waals surface area contributed by atoms with Gasteiger partial charge in [0.1, 0.15) is 17.2 Å². The Morgan fingerprint density at radius 1 is 1.02 bits per heavy atom. The Morgan fingerprint density at radius 2 is 1.77 bits per heavy atom. The summed E-state index contributed by atoms with van der Waals surface area (Å²) < 4.78 is 16.3. The van der Waals surface area contributed by atoms with Crippen molar-refractivity contribution in [2.45, 2.75) is 30.0 Å². The van der Waals surface area contributed by atoms with Crippen LogP contribution in [0.15, 0.2) is 82.8 Å². The minimum Gasteiger partial charge on any atom is -0.505 e. The van der Waals surface area contributed by atoms with Crippen LogP contribution in [0.1, 0.15) is 34.1 Å². The van der Waals surface area contributed by atoms with Crippen LogP contribution in [0.25, 0.3) is 11.4 Å². The van der Waals surface area contributed by atoms with E-state index < -0.39 is 17.7 Å². The molecular weight excluding hydrogens is 549 g/mol. The maximum absolute atomic E-state index is 14.1. The highest BCUT2D eigenvalue weighted by atomic mass is 32.2. The van der Waals surface area contributed by atoms with Crippen LogP contribution < -0.4 is 4.90 Å². The average Bonchev–Trinajstić information content (AvgIpc) is 3.62. The van der Waals surface area contributed by atoms with E-state index in [1.165, 1.54) is 22.7 Å². The van der Waals surface area contributed by atoms with Crippen LogP contribution in [0, 0.1) is 19.7 Å². The number of imidazole rings is 1. The van der Waals surface area contributed by atoms with Crippen LogP contribution in [-0.4, -0.2) is 36.4 Å². The highest BCUT2D eigenvalue weighted by molar-refractivity contribution is 8.00. The Balaban J connectivity index is 1.44. The molecule has 1 amide bonds. The third kappa shape index (κ3) is 4.46. The topological polar surface area (TPSA) is 101 Å². The number of hydrogen-bond acceptors (Lipinski definition) is 8. The molecule has 0 radical (unpaired) electrons. The molecule has 2 aromatic carbocycles. The first-order chi connectivity index (χ1) is 19.3. The molecule has 1 aliphatic rings. The van der Waals surface area contributed by atoms with Crippen molar-refractivity contribution in [2.75, 3.05) is 4.90 Å². The van der Waals surface area contributed by atoms with E-state index >= 15 is 0 Å². The van der Waals surface area contributed by atoms with Gasteiger partial charge in [-0.1, -0.05) is 77.2 Å². The van der Waals surface area contributed by atoms with Gasteiger partial charge >= 0.3 is 5.91 Å². The standard InChI is InChI=1S/C29H22FN5O3S2/c1-16-10-12-18(13-11-16)24-22(25(36)23-17(2)31-21-9-5-6-14-34(21)23)26(37)27(38)35(24)28-32-33-29(40-28)39-15-19-7-3-4-8-20(19)30/h3-14,24,36H,15H2,1-2H3. The van der Waals surface area contributed by atoms with Gasteiger partial charge in [-0.3, -0.25) is 18.9 Å². The largest absolute Gasteiger partial charge is 0.505 e. The highest BCUT2D eigenvalue weighted by Crippen LogP contribution is 2.44. The van der Waals surface area contributed by atoms with E-state index in [2.05, 4.69) is 15.2 Å². The molecule has 11 heteroatoms. The van der Waals surface area contributed by atoms with Gasteiger partial charge in [0.25, 0.3) is 5.78 Å². The molecule has 0 spiro atoms. The maximum atomic E-state index is 14.1. The van der Waals surface area contributed by atoms with Crippen LogP contribution in [0.2, 0.25) is 0 Å². The number of amides is 1. The molecule has 0 aliphatic carbocycles. The Kier molecular flexibility index (Phi) is 6.68. The number of aliphatic hydroxyl groups excluding tert-OH is 1. The number of fused-ring (bicyclic) bond motifs is 1. The lowest BCUT2D eigenvalue weighted by Crippen LogP contribution is -2.29. The van der Waals surface area contributed by atoms with Gasteiger partial charge in [0.15, 0.2) is 10.1 Å². The van der Waals surface area contributed by atoms with E-state index in [-0.39, 0.29) is 22.3 Å². The molecule has 3 aromatic heterocycles. The first kappa shape index (κ1) is 25.9. The molecule has 200 valence electrons. The van der Waals surface area contributed by atoms with Crippen molar-refractivity contribution in [2.24, 2.45) is 0 Å². The molecule has 1 saturated heterocycles. The Hall–Kier alpha value is -4.35. The lowest BCUT2D eigenvalue weighted by atomic mass is 9.96. The number of rotatable bonds is 6. The maximum Gasteiger partial charge on any atom is 0.301 e. The van der Waals surface area contributed by atoms with E-state index in [1.54, 1.807) is 47.9 Å². The van der Waals surface area contributed by atoms with Crippen molar-refractivity contribution in [1.29, 1.82) is 0 Å². The molecule has 4 heterocycles. The second-order valence-corrected chi connectivity index (χ2v) is 11.5. The lowest BCUT2D eigenvalue weighted by Gasteiger charge is -2.22. The number of anilines is 1. The highest BCUT2D eigenvalue weighted by Gasteiger charge is 2.48. The number of Topliss-reactive ketones (excluding diaryl/α,β-unsaturated/α-hetero) is 1. The number of halogens is 1. The SMILES string of the molecule is Cc1ccc(C2C(=C(O)c3c(C)nc4ccccn34)C(=O)C(=O)N2c2nnc(SCc3ccccc3F)s2)cc1. The molecule has 1 fully saturated rings. The number of benzene rings is 2. The summed E-state index contributed by atoms with van der Waals surface area (Å²) >= 11 is 2.41. The minimum absolute atomic E-state index is 0.0571. The van der Waals surface area contributed by atoms with E-state index in [4.69, 9.17) is 0 Å². The van der Waals surface area contributed by atoms with Crippen LogP contribution >= 0.6 is 23.1 Å². The molecule has 1 aliphatic heterocycles.